The third kappa shape index (κ3) is 3.80. The molecule has 1 aromatic rings. The molecule has 2 rings (SSSR count). The third-order valence-corrected chi connectivity index (χ3v) is 4.89. The number of hydrogen-bond donors (Lipinski definition) is 1. The molecule has 1 N–H and O–H groups in total. The largest absolute Gasteiger partial charge is 0.312 e. The topological polar surface area (TPSA) is 66.5 Å². The highest BCUT2D eigenvalue weighted by atomic mass is 32.2. The number of para-hydroxylation sites is 1. The molecule has 0 aromatic heterocycles. The van der Waals surface area contributed by atoms with Crippen LogP contribution in [0.1, 0.15) is 19.8 Å². The van der Waals surface area contributed by atoms with Crippen LogP contribution in [-0.4, -0.2) is 33.2 Å². The van der Waals surface area contributed by atoms with E-state index in [1.165, 1.54) is 0 Å². The number of anilines is 1. The van der Waals surface area contributed by atoms with Gasteiger partial charge in [-0.05, 0) is 24.5 Å². The minimum Gasteiger partial charge on any atom is -0.312 e. The van der Waals surface area contributed by atoms with E-state index >= 15 is 0 Å². The quantitative estimate of drug-likeness (QED) is 0.862. The smallest absolute Gasteiger partial charge is 0.227 e. The van der Waals surface area contributed by atoms with Crippen LogP contribution in [0.2, 0.25) is 0 Å². The summed E-state index contributed by atoms with van der Waals surface area (Å²) >= 11 is 0. The number of amides is 1. The Morgan fingerprint density at radius 3 is 2.65 bits per heavy atom. The summed E-state index contributed by atoms with van der Waals surface area (Å²) in [5, 5.41) is 0. The molecule has 1 heterocycles. The molecule has 1 amide bonds. The minimum atomic E-state index is -3.20. The maximum atomic E-state index is 12.0. The fourth-order valence-corrected chi connectivity index (χ4v) is 3.53. The Balaban J connectivity index is 1.93. The Morgan fingerprint density at radius 1 is 1.30 bits per heavy atom. The predicted molar refractivity (Wildman–Crippen MR) is 79.0 cm³/mol. The molecule has 1 aliphatic rings. The Labute approximate surface area is 120 Å². The number of benzene rings is 1. The van der Waals surface area contributed by atoms with E-state index in [1.54, 1.807) is 4.90 Å². The van der Waals surface area contributed by atoms with Crippen molar-refractivity contribution in [3.8, 4) is 0 Å². The fourth-order valence-electron chi connectivity index (χ4n) is 2.36. The average molecular weight is 296 g/mol. The summed E-state index contributed by atoms with van der Waals surface area (Å²) in [6.45, 7) is 2.73. The first kappa shape index (κ1) is 15.0. The second-order valence-corrected chi connectivity index (χ2v) is 7.00. The molecular formula is C14H20N2O3S. The van der Waals surface area contributed by atoms with E-state index in [4.69, 9.17) is 0 Å². The van der Waals surface area contributed by atoms with Crippen LogP contribution in [0.5, 0.6) is 0 Å². The summed E-state index contributed by atoms with van der Waals surface area (Å²) < 4.78 is 25.8. The number of nitrogens with one attached hydrogen (secondary N) is 1. The Morgan fingerprint density at radius 2 is 2.00 bits per heavy atom. The van der Waals surface area contributed by atoms with Gasteiger partial charge < -0.3 is 4.90 Å². The van der Waals surface area contributed by atoms with Crippen LogP contribution in [0.4, 0.5) is 5.69 Å². The number of carbonyl (C=O) groups excluding carboxylic acids is 1. The summed E-state index contributed by atoms with van der Waals surface area (Å²) in [4.78, 5) is 13.7. The van der Waals surface area contributed by atoms with Gasteiger partial charge in [-0.2, -0.15) is 0 Å². The molecule has 1 fully saturated rings. The van der Waals surface area contributed by atoms with Crippen molar-refractivity contribution in [2.75, 3.05) is 23.7 Å². The Kier molecular flexibility index (Phi) is 4.77. The molecule has 0 bridgehead atoms. The van der Waals surface area contributed by atoms with Crippen molar-refractivity contribution < 1.29 is 13.2 Å². The van der Waals surface area contributed by atoms with Gasteiger partial charge in [-0.1, -0.05) is 25.1 Å². The van der Waals surface area contributed by atoms with E-state index in [-0.39, 0.29) is 17.6 Å². The number of hydrogen-bond acceptors (Lipinski definition) is 3. The first-order chi connectivity index (χ1) is 9.52. The minimum absolute atomic E-state index is 0.0364. The molecule has 0 spiro atoms. The molecular weight excluding hydrogens is 276 g/mol. The average Bonchev–Trinajstić information content (AvgIpc) is 2.79. The van der Waals surface area contributed by atoms with Gasteiger partial charge >= 0.3 is 0 Å². The van der Waals surface area contributed by atoms with Crippen LogP contribution in [0, 0.1) is 5.92 Å². The number of rotatable bonds is 6. The van der Waals surface area contributed by atoms with Gasteiger partial charge in [-0.3, -0.25) is 4.79 Å². The van der Waals surface area contributed by atoms with Crippen molar-refractivity contribution in [3.63, 3.8) is 0 Å². The Hall–Kier alpha value is -1.40. The maximum absolute atomic E-state index is 12.0. The molecule has 20 heavy (non-hydrogen) atoms. The van der Waals surface area contributed by atoms with E-state index in [9.17, 15) is 13.2 Å². The third-order valence-electron chi connectivity index (χ3n) is 3.34. The first-order valence-electron chi connectivity index (χ1n) is 6.84. The van der Waals surface area contributed by atoms with Gasteiger partial charge in [0.15, 0.2) is 0 Å². The lowest BCUT2D eigenvalue weighted by Gasteiger charge is -2.16. The summed E-state index contributed by atoms with van der Waals surface area (Å²) in [6, 6.07) is 9.46. The highest BCUT2D eigenvalue weighted by molar-refractivity contribution is 7.89. The zero-order valence-electron chi connectivity index (χ0n) is 11.6. The van der Waals surface area contributed by atoms with E-state index in [1.807, 2.05) is 37.3 Å². The second kappa shape index (κ2) is 6.37. The van der Waals surface area contributed by atoms with E-state index in [2.05, 4.69) is 4.72 Å². The van der Waals surface area contributed by atoms with Crippen molar-refractivity contribution in [2.45, 2.75) is 19.8 Å². The standard InChI is InChI=1S/C14H20N2O3S/c1-2-8-20(18,19)15-10-12-9-14(17)16(11-12)13-6-4-3-5-7-13/h3-7,12,15H,2,8-11H2,1H3/t12-/m1/s1. The van der Waals surface area contributed by atoms with Gasteiger partial charge in [-0.15, -0.1) is 0 Å². The van der Waals surface area contributed by atoms with Crippen molar-refractivity contribution >= 4 is 21.6 Å². The van der Waals surface area contributed by atoms with Gasteiger partial charge in [0.2, 0.25) is 15.9 Å². The maximum Gasteiger partial charge on any atom is 0.227 e. The number of nitrogens with zero attached hydrogens (tertiary/aromatic N) is 1. The zero-order chi connectivity index (χ0) is 14.6. The first-order valence-corrected chi connectivity index (χ1v) is 8.50. The SMILES string of the molecule is CCCS(=O)(=O)NC[C@H]1CC(=O)N(c2ccccc2)C1. The van der Waals surface area contributed by atoms with Crippen LogP contribution in [0.25, 0.3) is 0 Å². The predicted octanol–water partition coefficient (Wildman–Crippen LogP) is 1.37. The summed E-state index contributed by atoms with van der Waals surface area (Å²) in [7, 11) is -3.20. The molecule has 0 aliphatic carbocycles. The van der Waals surface area contributed by atoms with Gasteiger partial charge in [0, 0.05) is 25.2 Å². The summed E-state index contributed by atoms with van der Waals surface area (Å²) in [6.07, 6.45) is 0.985. The van der Waals surface area contributed by atoms with Crippen LogP contribution in [-0.2, 0) is 14.8 Å². The zero-order valence-corrected chi connectivity index (χ0v) is 12.4. The molecule has 1 saturated heterocycles. The lowest BCUT2D eigenvalue weighted by molar-refractivity contribution is -0.117. The van der Waals surface area contributed by atoms with Crippen LogP contribution in [0.3, 0.4) is 0 Å². The lowest BCUT2D eigenvalue weighted by Crippen LogP contribution is -2.32. The van der Waals surface area contributed by atoms with Crippen molar-refractivity contribution in [3.05, 3.63) is 30.3 Å². The summed E-state index contributed by atoms with van der Waals surface area (Å²) in [5.74, 6) is 0.223. The van der Waals surface area contributed by atoms with Gasteiger partial charge in [0.05, 0.1) is 5.75 Å². The van der Waals surface area contributed by atoms with Crippen LogP contribution < -0.4 is 9.62 Å². The van der Waals surface area contributed by atoms with Crippen molar-refractivity contribution in [1.29, 1.82) is 0 Å². The normalized spacial score (nSPS) is 19.6. The molecule has 0 radical (unpaired) electrons. The van der Waals surface area contributed by atoms with Crippen molar-refractivity contribution in [2.24, 2.45) is 5.92 Å². The van der Waals surface area contributed by atoms with Crippen LogP contribution >= 0.6 is 0 Å². The molecule has 0 unspecified atom stereocenters. The number of sulfonamides is 1. The van der Waals surface area contributed by atoms with E-state index in [0.717, 1.165) is 5.69 Å². The number of carbonyl (C=O) groups is 1. The molecule has 110 valence electrons. The monoisotopic (exact) mass is 296 g/mol. The molecule has 1 atom stereocenters. The van der Waals surface area contributed by atoms with Crippen molar-refractivity contribution in [1.82, 2.24) is 4.72 Å². The van der Waals surface area contributed by atoms with Gasteiger partial charge in [-0.25, -0.2) is 13.1 Å². The molecule has 0 saturated carbocycles. The summed E-state index contributed by atoms with van der Waals surface area (Å²) in [5.41, 5.74) is 0.872. The lowest BCUT2D eigenvalue weighted by atomic mass is 10.1. The highest BCUT2D eigenvalue weighted by Gasteiger charge is 2.30. The molecule has 6 heteroatoms. The van der Waals surface area contributed by atoms with Gasteiger partial charge in [0.1, 0.15) is 0 Å². The van der Waals surface area contributed by atoms with Gasteiger partial charge in [0.25, 0.3) is 0 Å². The van der Waals surface area contributed by atoms with E-state index < -0.39 is 10.0 Å². The van der Waals surface area contributed by atoms with Crippen LogP contribution in [0.15, 0.2) is 30.3 Å². The second-order valence-electron chi connectivity index (χ2n) is 5.08. The highest BCUT2D eigenvalue weighted by Crippen LogP contribution is 2.24. The van der Waals surface area contributed by atoms with E-state index in [0.29, 0.717) is 25.9 Å². The Bertz CT molecular complexity index is 557. The fraction of sp³-hybridized carbons (Fsp3) is 0.500. The molecule has 5 nitrogen and oxygen atoms in total. The molecule has 1 aliphatic heterocycles. The molecule has 1 aromatic carbocycles.